The Bertz CT molecular complexity index is 444. The zero-order valence-electron chi connectivity index (χ0n) is 10.3. The van der Waals surface area contributed by atoms with E-state index >= 15 is 0 Å². The summed E-state index contributed by atoms with van der Waals surface area (Å²) in [5.41, 5.74) is 13.0. The lowest BCUT2D eigenvalue weighted by Gasteiger charge is -2.40. The van der Waals surface area contributed by atoms with Crippen molar-refractivity contribution in [3.63, 3.8) is 0 Å². The minimum atomic E-state index is -0.487. The molecule has 0 aromatic heterocycles. The molecule has 1 aromatic rings. The Hall–Kier alpha value is -1.75. The van der Waals surface area contributed by atoms with E-state index < -0.39 is 5.91 Å². The van der Waals surface area contributed by atoms with E-state index in [0.29, 0.717) is 29.5 Å². The number of benzene rings is 1. The molecule has 1 aliphatic rings. The molecule has 1 saturated carbocycles. The van der Waals surface area contributed by atoms with E-state index in [4.69, 9.17) is 11.5 Å². The number of aliphatic hydroxyl groups excluding tert-OH is 1. The lowest BCUT2D eigenvalue weighted by Crippen LogP contribution is -2.43. The predicted molar refractivity (Wildman–Crippen MR) is 71.4 cm³/mol. The summed E-state index contributed by atoms with van der Waals surface area (Å²) in [7, 11) is 0. The third kappa shape index (κ3) is 2.26. The Labute approximate surface area is 106 Å². The minimum Gasteiger partial charge on any atom is -0.397 e. The number of nitrogens with zero attached hydrogens (tertiary/aromatic N) is 1. The molecule has 0 radical (unpaired) electrons. The van der Waals surface area contributed by atoms with Crippen molar-refractivity contribution in [2.45, 2.75) is 25.3 Å². The molecule has 0 saturated heterocycles. The molecule has 0 atom stereocenters. The van der Waals surface area contributed by atoms with Gasteiger partial charge in [-0.05, 0) is 31.4 Å². The molecule has 0 unspecified atom stereocenters. The number of amides is 1. The van der Waals surface area contributed by atoms with Crippen molar-refractivity contribution < 1.29 is 9.90 Å². The first kappa shape index (κ1) is 12.7. The van der Waals surface area contributed by atoms with Gasteiger partial charge in [0.15, 0.2) is 0 Å². The van der Waals surface area contributed by atoms with E-state index in [-0.39, 0.29) is 6.61 Å². The van der Waals surface area contributed by atoms with E-state index in [9.17, 15) is 9.90 Å². The number of anilines is 2. The minimum absolute atomic E-state index is 0.0308. The van der Waals surface area contributed by atoms with Crippen LogP contribution in [0.1, 0.15) is 29.6 Å². The van der Waals surface area contributed by atoms with Gasteiger partial charge in [0, 0.05) is 12.6 Å². The number of primary amides is 1. The maximum atomic E-state index is 11.5. The van der Waals surface area contributed by atoms with Crippen molar-refractivity contribution in [2.24, 2.45) is 5.73 Å². The van der Waals surface area contributed by atoms with Gasteiger partial charge in [-0.3, -0.25) is 4.79 Å². The summed E-state index contributed by atoms with van der Waals surface area (Å²) >= 11 is 0. The highest BCUT2D eigenvalue weighted by Crippen LogP contribution is 2.35. The fraction of sp³-hybridized carbons (Fsp3) is 0.462. The molecule has 1 fully saturated rings. The fourth-order valence-corrected chi connectivity index (χ4v) is 2.36. The van der Waals surface area contributed by atoms with Crippen LogP contribution in [0.5, 0.6) is 0 Å². The van der Waals surface area contributed by atoms with Gasteiger partial charge in [-0.15, -0.1) is 0 Å². The van der Waals surface area contributed by atoms with Crippen molar-refractivity contribution in [3.8, 4) is 0 Å². The first-order valence-electron chi connectivity index (χ1n) is 6.21. The summed E-state index contributed by atoms with van der Waals surface area (Å²) in [5, 5.41) is 9.19. The van der Waals surface area contributed by atoms with Crippen molar-refractivity contribution in [3.05, 3.63) is 23.8 Å². The van der Waals surface area contributed by atoms with Crippen molar-refractivity contribution in [1.82, 2.24) is 0 Å². The number of rotatable bonds is 5. The van der Waals surface area contributed by atoms with Crippen molar-refractivity contribution in [1.29, 1.82) is 0 Å². The number of hydrogen-bond acceptors (Lipinski definition) is 4. The summed E-state index contributed by atoms with van der Waals surface area (Å²) in [6.45, 7) is 0.502. The van der Waals surface area contributed by atoms with Crippen LogP contribution in [0, 0.1) is 0 Å². The van der Waals surface area contributed by atoms with Gasteiger partial charge in [-0.25, -0.2) is 0 Å². The maximum Gasteiger partial charge on any atom is 0.250 e. The van der Waals surface area contributed by atoms with Crippen LogP contribution in [0.3, 0.4) is 0 Å². The second-order valence-corrected chi connectivity index (χ2v) is 4.61. The van der Waals surface area contributed by atoms with E-state index in [0.717, 1.165) is 12.8 Å². The number of hydrogen-bond donors (Lipinski definition) is 3. The Morgan fingerprint density at radius 1 is 1.44 bits per heavy atom. The average molecular weight is 249 g/mol. The SMILES string of the molecule is NC(=O)c1cccc(N)c1N(CCO)C1CCC1. The first-order valence-corrected chi connectivity index (χ1v) is 6.21. The highest BCUT2D eigenvalue weighted by molar-refractivity contribution is 6.01. The van der Waals surface area contributed by atoms with Gasteiger partial charge in [-0.2, -0.15) is 0 Å². The van der Waals surface area contributed by atoms with E-state index in [1.807, 2.05) is 4.90 Å². The highest BCUT2D eigenvalue weighted by atomic mass is 16.3. The lowest BCUT2D eigenvalue weighted by atomic mass is 9.90. The average Bonchev–Trinajstić information content (AvgIpc) is 2.25. The van der Waals surface area contributed by atoms with E-state index in [1.165, 1.54) is 6.42 Å². The van der Waals surface area contributed by atoms with Crippen LogP contribution in [0.15, 0.2) is 18.2 Å². The molecular weight excluding hydrogens is 230 g/mol. The lowest BCUT2D eigenvalue weighted by molar-refractivity contribution is 0.100. The van der Waals surface area contributed by atoms with E-state index in [2.05, 4.69) is 0 Å². The molecule has 5 heteroatoms. The number of nitrogens with two attached hydrogens (primary N) is 2. The molecule has 5 nitrogen and oxygen atoms in total. The molecule has 2 rings (SSSR count). The third-order valence-electron chi connectivity index (χ3n) is 3.48. The van der Waals surface area contributed by atoms with Gasteiger partial charge in [0.1, 0.15) is 0 Å². The Balaban J connectivity index is 2.41. The molecule has 1 aliphatic carbocycles. The summed E-state index contributed by atoms with van der Waals surface area (Å²) < 4.78 is 0. The van der Waals surface area contributed by atoms with Crippen LogP contribution in [0.4, 0.5) is 11.4 Å². The zero-order valence-corrected chi connectivity index (χ0v) is 10.3. The van der Waals surface area contributed by atoms with Gasteiger partial charge >= 0.3 is 0 Å². The molecule has 98 valence electrons. The third-order valence-corrected chi connectivity index (χ3v) is 3.48. The quantitative estimate of drug-likeness (QED) is 0.670. The molecular formula is C13H19N3O2. The summed E-state index contributed by atoms with van der Waals surface area (Å²) in [4.78, 5) is 13.5. The smallest absolute Gasteiger partial charge is 0.250 e. The number of carbonyl (C=O) groups is 1. The van der Waals surface area contributed by atoms with Crippen LogP contribution in [0.25, 0.3) is 0 Å². The number of carbonyl (C=O) groups excluding carboxylic acids is 1. The van der Waals surface area contributed by atoms with Gasteiger partial charge in [-0.1, -0.05) is 6.07 Å². The Morgan fingerprint density at radius 3 is 2.67 bits per heavy atom. The predicted octanol–water partition coefficient (Wildman–Crippen LogP) is 0.719. The van der Waals surface area contributed by atoms with Crippen LogP contribution in [0.2, 0.25) is 0 Å². The summed E-state index contributed by atoms with van der Waals surface area (Å²) in [5.74, 6) is -0.487. The topological polar surface area (TPSA) is 92.6 Å². The van der Waals surface area contributed by atoms with Gasteiger partial charge in [0.05, 0.1) is 23.5 Å². The molecule has 1 amide bonds. The second kappa shape index (κ2) is 5.27. The Kier molecular flexibility index (Phi) is 3.72. The zero-order chi connectivity index (χ0) is 13.1. The van der Waals surface area contributed by atoms with E-state index in [1.54, 1.807) is 18.2 Å². The van der Waals surface area contributed by atoms with Crippen LogP contribution in [-0.2, 0) is 0 Å². The molecule has 0 heterocycles. The Morgan fingerprint density at radius 2 is 2.17 bits per heavy atom. The molecule has 18 heavy (non-hydrogen) atoms. The van der Waals surface area contributed by atoms with Gasteiger partial charge in [0.2, 0.25) is 0 Å². The monoisotopic (exact) mass is 249 g/mol. The number of aliphatic hydroxyl groups is 1. The van der Waals surface area contributed by atoms with Gasteiger partial charge < -0.3 is 21.5 Å². The fourth-order valence-electron chi connectivity index (χ4n) is 2.36. The van der Waals surface area contributed by atoms with Crippen molar-refractivity contribution >= 4 is 17.3 Å². The number of nitrogen functional groups attached to an aromatic ring is 1. The van der Waals surface area contributed by atoms with Crippen LogP contribution >= 0.6 is 0 Å². The standard InChI is InChI=1S/C13H19N3O2/c14-11-6-2-5-10(13(15)18)12(11)16(7-8-17)9-3-1-4-9/h2,5-6,9,17H,1,3-4,7-8,14H2,(H2,15,18). The molecule has 0 bridgehead atoms. The highest BCUT2D eigenvalue weighted by Gasteiger charge is 2.28. The molecule has 5 N–H and O–H groups in total. The second-order valence-electron chi connectivity index (χ2n) is 4.61. The number of para-hydroxylation sites is 1. The first-order chi connectivity index (χ1) is 8.65. The maximum absolute atomic E-state index is 11.5. The molecule has 0 aliphatic heterocycles. The largest absolute Gasteiger partial charge is 0.397 e. The van der Waals surface area contributed by atoms with Crippen molar-refractivity contribution in [2.75, 3.05) is 23.8 Å². The molecule has 1 aromatic carbocycles. The summed E-state index contributed by atoms with van der Waals surface area (Å²) in [6, 6.07) is 5.50. The van der Waals surface area contributed by atoms with Crippen LogP contribution in [-0.4, -0.2) is 30.2 Å². The normalized spacial score (nSPS) is 15.2. The van der Waals surface area contributed by atoms with Crippen LogP contribution < -0.4 is 16.4 Å². The summed E-state index contributed by atoms with van der Waals surface area (Å²) in [6.07, 6.45) is 3.30. The van der Waals surface area contributed by atoms with Gasteiger partial charge in [0.25, 0.3) is 5.91 Å². The molecule has 0 spiro atoms.